The van der Waals surface area contributed by atoms with Crippen molar-refractivity contribution in [3.63, 3.8) is 0 Å². The number of amides is 1. The zero-order valence-electron chi connectivity index (χ0n) is 10.7. The molecule has 0 aliphatic rings. The molecule has 0 atom stereocenters. The number of anilines is 2. The Balaban J connectivity index is 2.26. The van der Waals surface area contributed by atoms with Gasteiger partial charge in [0, 0.05) is 24.0 Å². The van der Waals surface area contributed by atoms with Crippen LogP contribution in [0.2, 0.25) is 0 Å². The van der Waals surface area contributed by atoms with Gasteiger partial charge < -0.3 is 11.1 Å². The van der Waals surface area contributed by atoms with Crippen LogP contribution < -0.4 is 11.1 Å². The second-order valence-corrected chi connectivity index (χ2v) is 4.20. The zero-order valence-corrected chi connectivity index (χ0v) is 10.7. The van der Waals surface area contributed by atoms with Gasteiger partial charge in [-0.1, -0.05) is 6.07 Å². The monoisotopic (exact) mass is 272 g/mol. The number of nitrogens with zero attached hydrogens (tertiary/aromatic N) is 2. The van der Waals surface area contributed by atoms with Crippen LogP contribution in [0.3, 0.4) is 0 Å². The van der Waals surface area contributed by atoms with Crippen LogP contribution in [0.4, 0.5) is 17.2 Å². The lowest BCUT2D eigenvalue weighted by Gasteiger charge is -2.07. The molecule has 0 unspecified atom stereocenters. The lowest BCUT2D eigenvalue weighted by atomic mass is 10.1. The van der Waals surface area contributed by atoms with Crippen LogP contribution >= 0.6 is 0 Å². The van der Waals surface area contributed by atoms with Crippen molar-refractivity contribution in [2.45, 2.75) is 6.92 Å². The number of carbonyl (C=O) groups is 1. The van der Waals surface area contributed by atoms with E-state index in [4.69, 9.17) is 5.73 Å². The summed E-state index contributed by atoms with van der Waals surface area (Å²) < 4.78 is 0. The van der Waals surface area contributed by atoms with Crippen molar-refractivity contribution < 1.29 is 9.72 Å². The molecule has 2 aromatic rings. The van der Waals surface area contributed by atoms with Crippen molar-refractivity contribution in [1.82, 2.24) is 4.98 Å². The van der Waals surface area contributed by atoms with Gasteiger partial charge in [0.25, 0.3) is 11.6 Å². The van der Waals surface area contributed by atoms with Crippen LogP contribution in [-0.4, -0.2) is 15.8 Å². The molecule has 20 heavy (non-hydrogen) atoms. The van der Waals surface area contributed by atoms with Gasteiger partial charge in [0.2, 0.25) is 0 Å². The van der Waals surface area contributed by atoms with Crippen molar-refractivity contribution >= 4 is 23.1 Å². The fourth-order valence-corrected chi connectivity index (χ4v) is 1.58. The molecular weight excluding hydrogens is 260 g/mol. The fraction of sp³-hybridized carbons (Fsp3) is 0.0769. The molecule has 0 spiro atoms. The SMILES string of the molecule is Cc1ccc(NC(=O)c2cc([N+](=O)[O-])ccc2N)nc1. The minimum atomic E-state index is -0.583. The van der Waals surface area contributed by atoms with E-state index in [1.807, 2.05) is 6.92 Å². The average molecular weight is 272 g/mol. The summed E-state index contributed by atoms with van der Waals surface area (Å²) in [6.07, 6.45) is 1.60. The maximum Gasteiger partial charge on any atom is 0.270 e. The van der Waals surface area contributed by atoms with Gasteiger partial charge in [-0.05, 0) is 24.6 Å². The van der Waals surface area contributed by atoms with Crippen molar-refractivity contribution in [2.75, 3.05) is 11.1 Å². The molecule has 3 N–H and O–H groups in total. The van der Waals surface area contributed by atoms with Gasteiger partial charge in [0.15, 0.2) is 0 Å². The largest absolute Gasteiger partial charge is 0.398 e. The number of nitro benzene ring substituents is 1. The van der Waals surface area contributed by atoms with Gasteiger partial charge in [0.1, 0.15) is 5.82 Å². The van der Waals surface area contributed by atoms with Crippen molar-refractivity contribution in [1.29, 1.82) is 0 Å². The number of nitrogen functional groups attached to an aromatic ring is 1. The number of nitrogens with one attached hydrogen (secondary N) is 1. The van der Waals surface area contributed by atoms with Gasteiger partial charge in [-0.2, -0.15) is 0 Å². The fourth-order valence-electron chi connectivity index (χ4n) is 1.58. The normalized spacial score (nSPS) is 10.1. The lowest BCUT2D eigenvalue weighted by molar-refractivity contribution is -0.384. The number of carbonyl (C=O) groups excluding carboxylic acids is 1. The van der Waals surface area contributed by atoms with Gasteiger partial charge >= 0.3 is 0 Å². The van der Waals surface area contributed by atoms with E-state index in [0.29, 0.717) is 5.82 Å². The van der Waals surface area contributed by atoms with E-state index in [1.54, 1.807) is 18.3 Å². The minimum Gasteiger partial charge on any atom is -0.398 e. The number of rotatable bonds is 3. The topological polar surface area (TPSA) is 111 Å². The highest BCUT2D eigenvalue weighted by atomic mass is 16.6. The van der Waals surface area contributed by atoms with Crippen molar-refractivity contribution in [3.8, 4) is 0 Å². The number of non-ortho nitro benzene ring substituents is 1. The molecule has 0 fully saturated rings. The summed E-state index contributed by atoms with van der Waals surface area (Å²) >= 11 is 0. The van der Waals surface area contributed by atoms with Crippen LogP contribution in [0.25, 0.3) is 0 Å². The number of hydrogen-bond donors (Lipinski definition) is 2. The van der Waals surface area contributed by atoms with E-state index < -0.39 is 10.8 Å². The van der Waals surface area contributed by atoms with E-state index in [1.165, 1.54) is 12.1 Å². The molecule has 0 saturated carbocycles. The van der Waals surface area contributed by atoms with E-state index in [0.717, 1.165) is 11.6 Å². The van der Waals surface area contributed by atoms with Crippen LogP contribution in [-0.2, 0) is 0 Å². The van der Waals surface area contributed by atoms with E-state index in [9.17, 15) is 14.9 Å². The second kappa shape index (κ2) is 5.35. The summed E-state index contributed by atoms with van der Waals surface area (Å²) in [6.45, 7) is 1.87. The smallest absolute Gasteiger partial charge is 0.270 e. The van der Waals surface area contributed by atoms with Crippen LogP contribution in [0.5, 0.6) is 0 Å². The lowest BCUT2D eigenvalue weighted by Crippen LogP contribution is -2.15. The average Bonchev–Trinajstić information content (AvgIpc) is 2.41. The Morgan fingerprint density at radius 1 is 1.35 bits per heavy atom. The number of nitrogens with two attached hydrogens (primary N) is 1. The third kappa shape index (κ3) is 2.89. The van der Waals surface area contributed by atoms with Gasteiger partial charge in [0.05, 0.1) is 10.5 Å². The summed E-state index contributed by atoms with van der Waals surface area (Å²) in [4.78, 5) is 26.2. The minimum absolute atomic E-state index is 0.0431. The van der Waals surface area contributed by atoms with Crippen LogP contribution in [0, 0.1) is 17.0 Å². The van der Waals surface area contributed by atoms with Crippen LogP contribution in [0.1, 0.15) is 15.9 Å². The molecule has 0 aliphatic carbocycles. The molecule has 0 radical (unpaired) electrons. The van der Waals surface area contributed by atoms with Crippen molar-refractivity contribution in [3.05, 3.63) is 57.8 Å². The quantitative estimate of drug-likeness (QED) is 0.505. The first-order valence-corrected chi connectivity index (χ1v) is 5.75. The summed E-state index contributed by atoms with van der Waals surface area (Å²) in [7, 11) is 0. The highest BCUT2D eigenvalue weighted by Gasteiger charge is 2.15. The molecule has 7 heteroatoms. The van der Waals surface area contributed by atoms with E-state index >= 15 is 0 Å². The number of nitro groups is 1. The molecule has 1 aromatic heterocycles. The predicted molar refractivity (Wildman–Crippen MR) is 74.4 cm³/mol. The van der Waals surface area contributed by atoms with Crippen LogP contribution in [0.15, 0.2) is 36.5 Å². The third-order valence-electron chi connectivity index (χ3n) is 2.65. The number of aryl methyl sites for hydroxylation is 1. The number of aromatic nitrogens is 1. The van der Waals surface area contributed by atoms with Gasteiger partial charge in [-0.15, -0.1) is 0 Å². The molecule has 2 rings (SSSR count). The first-order valence-electron chi connectivity index (χ1n) is 5.75. The maximum atomic E-state index is 12.0. The van der Waals surface area contributed by atoms with Crippen molar-refractivity contribution in [2.24, 2.45) is 0 Å². The Hall–Kier alpha value is -2.96. The number of hydrogen-bond acceptors (Lipinski definition) is 5. The number of benzene rings is 1. The molecule has 7 nitrogen and oxygen atoms in total. The Morgan fingerprint density at radius 3 is 2.70 bits per heavy atom. The first-order chi connectivity index (χ1) is 9.47. The molecule has 1 aromatic carbocycles. The molecule has 0 saturated heterocycles. The highest BCUT2D eigenvalue weighted by molar-refractivity contribution is 6.07. The first kappa shape index (κ1) is 13.5. The Labute approximate surface area is 114 Å². The molecule has 102 valence electrons. The second-order valence-electron chi connectivity index (χ2n) is 4.20. The zero-order chi connectivity index (χ0) is 14.7. The van der Waals surface area contributed by atoms with E-state index in [-0.39, 0.29) is 16.9 Å². The Bertz CT molecular complexity index is 668. The standard InChI is InChI=1S/C13H12N4O3/c1-8-2-5-12(15-7-8)16-13(18)10-6-9(17(19)20)3-4-11(10)14/h2-7H,14H2,1H3,(H,15,16,18). The number of pyridine rings is 1. The molecule has 0 aliphatic heterocycles. The molecule has 0 bridgehead atoms. The summed E-state index contributed by atoms with van der Waals surface area (Å²) in [5, 5.41) is 13.2. The Kier molecular flexibility index (Phi) is 3.60. The highest BCUT2D eigenvalue weighted by Crippen LogP contribution is 2.20. The summed E-state index contributed by atoms with van der Waals surface area (Å²) in [5.74, 6) is -0.186. The summed E-state index contributed by atoms with van der Waals surface area (Å²) in [5.41, 5.74) is 6.64. The Morgan fingerprint density at radius 2 is 2.10 bits per heavy atom. The third-order valence-corrected chi connectivity index (χ3v) is 2.65. The van der Waals surface area contributed by atoms with Gasteiger partial charge in [-0.25, -0.2) is 4.98 Å². The van der Waals surface area contributed by atoms with E-state index in [2.05, 4.69) is 10.3 Å². The summed E-state index contributed by atoms with van der Waals surface area (Å²) in [6, 6.07) is 7.14. The predicted octanol–water partition coefficient (Wildman–Crippen LogP) is 2.13. The van der Waals surface area contributed by atoms with Gasteiger partial charge in [-0.3, -0.25) is 14.9 Å². The maximum absolute atomic E-state index is 12.0. The molecular formula is C13H12N4O3. The molecule has 1 heterocycles. The molecule has 1 amide bonds.